The molecule has 0 radical (unpaired) electrons. The van der Waals surface area contributed by atoms with Crippen molar-refractivity contribution in [1.82, 2.24) is 5.32 Å². The van der Waals surface area contributed by atoms with Crippen LogP contribution in [0.15, 0.2) is 29.2 Å². The summed E-state index contributed by atoms with van der Waals surface area (Å²) in [6.45, 7) is 1.83. The molecule has 3 nitrogen and oxygen atoms in total. The van der Waals surface area contributed by atoms with E-state index in [-0.39, 0.29) is 10.9 Å². The lowest BCUT2D eigenvalue weighted by Gasteiger charge is -2.14. The molecule has 5 heteroatoms. The Balaban J connectivity index is 3.30. The molecule has 0 bridgehead atoms. The fourth-order valence-electron chi connectivity index (χ4n) is 1.34. The maximum atomic E-state index is 12.4. The molecule has 84 valence electrons. The molecule has 0 fully saturated rings. The van der Waals surface area contributed by atoms with E-state index in [4.69, 9.17) is 0 Å². The standard InChI is InChI=1S/C10H14FNO2S/c1-8(12-2)9-5-3-4-6-10(9)15(13,14)7-11/h3-6,8,12H,7H2,1-2H3. The van der Waals surface area contributed by atoms with Crippen molar-refractivity contribution < 1.29 is 12.8 Å². The average molecular weight is 231 g/mol. The van der Waals surface area contributed by atoms with Gasteiger partial charge in [-0.2, -0.15) is 0 Å². The maximum absolute atomic E-state index is 12.4. The Hall–Kier alpha value is -0.940. The van der Waals surface area contributed by atoms with Crippen LogP contribution in [0.1, 0.15) is 18.5 Å². The lowest BCUT2D eigenvalue weighted by molar-refractivity contribution is 0.531. The quantitative estimate of drug-likeness (QED) is 0.857. The Morgan fingerprint density at radius 1 is 1.40 bits per heavy atom. The van der Waals surface area contributed by atoms with Gasteiger partial charge in [0.25, 0.3) is 0 Å². The molecule has 1 rings (SSSR count). The smallest absolute Gasteiger partial charge is 0.207 e. The van der Waals surface area contributed by atoms with Crippen molar-refractivity contribution in [1.29, 1.82) is 0 Å². The van der Waals surface area contributed by atoms with Crippen LogP contribution in [0.3, 0.4) is 0 Å². The Morgan fingerprint density at radius 3 is 2.53 bits per heavy atom. The van der Waals surface area contributed by atoms with E-state index in [1.54, 1.807) is 25.2 Å². The molecule has 1 aromatic rings. The van der Waals surface area contributed by atoms with Gasteiger partial charge in [0, 0.05) is 6.04 Å². The van der Waals surface area contributed by atoms with E-state index in [1.165, 1.54) is 6.07 Å². The SMILES string of the molecule is CNC(C)c1ccccc1S(=O)(=O)CF. The van der Waals surface area contributed by atoms with E-state index in [0.29, 0.717) is 5.56 Å². The molecule has 0 heterocycles. The van der Waals surface area contributed by atoms with Crippen molar-refractivity contribution >= 4 is 9.84 Å². The number of rotatable bonds is 4. The summed E-state index contributed by atoms with van der Waals surface area (Å²) in [6, 6.07) is 4.96. The minimum absolute atomic E-state index is 0.0642. The van der Waals surface area contributed by atoms with Gasteiger partial charge in [-0.05, 0) is 25.6 Å². The summed E-state index contributed by atoms with van der Waals surface area (Å²) >= 11 is 0. The number of nitrogens with one attached hydrogen (secondary N) is 1. The van der Waals surface area contributed by atoms with Crippen molar-refractivity contribution in [3.63, 3.8) is 0 Å². The second-order valence-corrected chi connectivity index (χ2v) is 5.16. The van der Waals surface area contributed by atoms with E-state index in [2.05, 4.69) is 5.32 Å². The molecule has 1 aromatic carbocycles. The fourth-order valence-corrected chi connectivity index (χ4v) is 2.34. The molecular weight excluding hydrogens is 217 g/mol. The molecular formula is C10H14FNO2S. The molecule has 0 spiro atoms. The van der Waals surface area contributed by atoms with Crippen molar-refractivity contribution in [3.8, 4) is 0 Å². The van der Waals surface area contributed by atoms with Gasteiger partial charge in [-0.15, -0.1) is 0 Å². The topological polar surface area (TPSA) is 46.2 Å². The third-order valence-electron chi connectivity index (χ3n) is 2.30. The van der Waals surface area contributed by atoms with Crippen LogP contribution in [0.4, 0.5) is 4.39 Å². The first-order valence-corrected chi connectivity index (χ1v) is 6.23. The highest BCUT2D eigenvalue weighted by Gasteiger charge is 2.20. The zero-order chi connectivity index (χ0) is 11.5. The summed E-state index contributed by atoms with van der Waals surface area (Å²) < 4.78 is 35.3. The first-order valence-electron chi connectivity index (χ1n) is 4.58. The number of halogens is 1. The summed E-state index contributed by atoms with van der Waals surface area (Å²) in [7, 11) is -2.06. The van der Waals surface area contributed by atoms with E-state index >= 15 is 0 Å². The van der Waals surface area contributed by atoms with Gasteiger partial charge in [0.05, 0.1) is 4.90 Å². The van der Waals surface area contributed by atoms with Gasteiger partial charge < -0.3 is 5.32 Å². The Bertz CT molecular complexity index is 431. The van der Waals surface area contributed by atoms with Crippen LogP contribution in [-0.4, -0.2) is 21.5 Å². The molecule has 0 saturated carbocycles. The zero-order valence-electron chi connectivity index (χ0n) is 8.70. The molecule has 15 heavy (non-hydrogen) atoms. The zero-order valence-corrected chi connectivity index (χ0v) is 9.51. The molecule has 0 amide bonds. The lowest BCUT2D eigenvalue weighted by atomic mass is 10.1. The van der Waals surface area contributed by atoms with E-state index in [1.807, 2.05) is 6.92 Å². The second kappa shape index (κ2) is 4.72. The van der Waals surface area contributed by atoms with Gasteiger partial charge in [0.15, 0.2) is 6.01 Å². The molecule has 0 aromatic heterocycles. The Kier molecular flexibility index (Phi) is 3.82. The van der Waals surface area contributed by atoms with Crippen LogP contribution in [-0.2, 0) is 9.84 Å². The lowest BCUT2D eigenvalue weighted by Crippen LogP contribution is -2.16. The van der Waals surface area contributed by atoms with E-state index < -0.39 is 15.8 Å². The Labute approximate surface area is 89.2 Å². The van der Waals surface area contributed by atoms with Crippen LogP contribution in [0, 0.1) is 0 Å². The van der Waals surface area contributed by atoms with E-state index in [9.17, 15) is 12.8 Å². The van der Waals surface area contributed by atoms with Gasteiger partial charge in [0.1, 0.15) is 0 Å². The normalized spacial score (nSPS) is 13.8. The summed E-state index contributed by atoms with van der Waals surface area (Å²) in [5.41, 5.74) is 0.595. The number of benzene rings is 1. The van der Waals surface area contributed by atoms with Crippen molar-refractivity contribution in [2.75, 3.05) is 13.1 Å². The summed E-state index contributed by atoms with van der Waals surface area (Å²) in [5, 5.41) is 2.93. The summed E-state index contributed by atoms with van der Waals surface area (Å²) in [5.74, 6) is 0. The van der Waals surface area contributed by atoms with Crippen LogP contribution >= 0.6 is 0 Å². The van der Waals surface area contributed by atoms with Crippen LogP contribution in [0.25, 0.3) is 0 Å². The molecule has 0 aliphatic heterocycles. The summed E-state index contributed by atoms with van der Waals surface area (Å²) in [4.78, 5) is 0.0642. The third kappa shape index (κ3) is 2.54. The first kappa shape index (κ1) is 12.1. The Morgan fingerprint density at radius 2 is 2.00 bits per heavy atom. The highest BCUT2D eigenvalue weighted by Crippen LogP contribution is 2.22. The van der Waals surface area contributed by atoms with E-state index in [0.717, 1.165) is 0 Å². The highest BCUT2D eigenvalue weighted by atomic mass is 32.2. The second-order valence-electron chi connectivity index (χ2n) is 3.27. The van der Waals surface area contributed by atoms with Crippen molar-refractivity contribution in [2.24, 2.45) is 0 Å². The van der Waals surface area contributed by atoms with Gasteiger partial charge >= 0.3 is 0 Å². The summed E-state index contributed by atoms with van der Waals surface area (Å²) in [6.07, 6.45) is 0. The van der Waals surface area contributed by atoms with Gasteiger partial charge in [-0.25, -0.2) is 12.8 Å². The fraction of sp³-hybridized carbons (Fsp3) is 0.400. The van der Waals surface area contributed by atoms with Crippen molar-refractivity contribution in [3.05, 3.63) is 29.8 Å². The highest BCUT2D eigenvalue weighted by molar-refractivity contribution is 7.91. The van der Waals surface area contributed by atoms with Crippen molar-refractivity contribution in [2.45, 2.75) is 17.9 Å². The number of alkyl halides is 1. The molecule has 0 aliphatic carbocycles. The monoisotopic (exact) mass is 231 g/mol. The van der Waals surface area contributed by atoms with Crippen LogP contribution in [0.5, 0.6) is 0 Å². The van der Waals surface area contributed by atoms with Gasteiger partial charge in [0.2, 0.25) is 9.84 Å². The maximum Gasteiger partial charge on any atom is 0.207 e. The minimum atomic E-state index is -3.79. The van der Waals surface area contributed by atoms with Gasteiger partial charge in [-0.3, -0.25) is 0 Å². The minimum Gasteiger partial charge on any atom is -0.313 e. The van der Waals surface area contributed by atoms with Crippen LogP contribution in [0.2, 0.25) is 0 Å². The number of hydrogen-bond donors (Lipinski definition) is 1. The predicted octanol–water partition coefficient (Wildman–Crippen LogP) is 1.67. The average Bonchev–Trinajstić information content (AvgIpc) is 2.28. The third-order valence-corrected chi connectivity index (χ3v) is 3.63. The molecule has 1 atom stereocenters. The van der Waals surface area contributed by atoms with Gasteiger partial charge in [-0.1, -0.05) is 18.2 Å². The number of hydrogen-bond acceptors (Lipinski definition) is 3. The molecule has 1 unspecified atom stereocenters. The largest absolute Gasteiger partial charge is 0.313 e. The number of sulfone groups is 1. The molecule has 0 aliphatic rings. The first-order chi connectivity index (χ1) is 7.03. The van der Waals surface area contributed by atoms with Crippen LogP contribution < -0.4 is 5.32 Å². The molecule has 0 saturated heterocycles. The predicted molar refractivity (Wildman–Crippen MR) is 57.1 cm³/mol. The molecule has 1 N–H and O–H groups in total.